The summed E-state index contributed by atoms with van der Waals surface area (Å²) in [5.74, 6) is 1.18. The Balaban J connectivity index is 3.08. The van der Waals surface area contributed by atoms with Crippen molar-refractivity contribution in [1.82, 2.24) is 4.90 Å². The molecule has 0 aromatic heterocycles. The minimum Gasteiger partial charge on any atom is -0.496 e. The minimum absolute atomic E-state index is 0.0737. The van der Waals surface area contributed by atoms with Crippen LogP contribution in [-0.2, 0) is 0 Å². The maximum atomic E-state index is 12.5. The van der Waals surface area contributed by atoms with Crippen molar-refractivity contribution in [3.63, 3.8) is 0 Å². The smallest absolute Gasteiger partial charge is 0.254 e. The molecule has 0 aliphatic heterocycles. The average Bonchev–Trinajstić information content (AvgIpc) is 2.48. The van der Waals surface area contributed by atoms with Gasteiger partial charge in [0.2, 0.25) is 0 Å². The quantitative estimate of drug-likeness (QED) is 0.828. The van der Waals surface area contributed by atoms with E-state index >= 15 is 0 Å². The Kier molecular flexibility index (Phi) is 6.31. The highest BCUT2D eigenvalue weighted by molar-refractivity contribution is 5.95. The molecule has 20 heavy (non-hydrogen) atoms. The molecule has 0 heterocycles. The zero-order chi connectivity index (χ0) is 15.1. The van der Waals surface area contributed by atoms with Gasteiger partial charge in [-0.15, -0.1) is 0 Å². The standard InChI is InChI=1S/C15H23NO4/c1-5-16(7-6-8-17)15(18)12-9-13(19-3)11(2)14(10-12)20-4/h9-10,17H,5-8H2,1-4H3. The van der Waals surface area contributed by atoms with Crippen LogP contribution >= 0.6 is 0 Å². The largest absolute Gasteiger partial charge is 0.496 e. The molecule has 112 valence electrons. The Morgan fingerprint density at radius 2 is 1.80 bits per heavy atom. The van der Waals surface area contributed by atoms with Gasteiger partial charge in [-0.1, -0.05) is 0 Å². The van der Waals surface area contributed by atoms with Crippen molar-refractivity contribution in [2.45, 2.75) is 20.3 Å². The lowest BCUT2D eigenvalue weighted by atomic mass is 10.1. The van der Waals surface area contributed by atoms with Crippen molar-refractivity contribution in [2.24, 2.45) is 0 Å². The summed E-state index contributed by atoms with van der Waals surface area (Å²) < 4.78 is 10.6. The highest BCUT2D eigenvalue weighted by atomic mass is 16.5. The normalized spacial score (nSPS) is 10.2. The molecular weight excluding hydrogens is 258 g/mol. The van der Waals surface area contributed by atoms with Crippen LogP contribution in [0, 0.1) is 6.92 Å². The molecule has 0 aliphatic carbocycles. The van der Waals surface area contributed by atoms with Crippen LogP contribution in [0.4, 0.5) is 0 Å². The second-order valence-electron chi connectivity index (χ2n) is 4.47. The molecule has 1 N–H and O–H groups in total. The van der Waals surface area contributed by atoms with E-state index < -0.39 is 0 Å². The lowest BCUT2D eigenvalue weighted by Crippen LogP contribution is -2.32. The number of ether oxygens (including phenoxy) is 2. The lowest BCUT2D eigenvalue weighted by molar-refractivity contribution is 0.0753. The summed E-state index contributed by atoms with van der Waals surface area (Å²) in [6.07, 6.45) is 0.569. The van der Waals surface area contributed by atoms with Gasteiger partial charge in [0.05, 0.1) is 14.2 Å². The van der Waals surface area contributed by atoms with Gasteiger partial charge in [-0.2, -0.15) is 0 Å². The van der Waals surface area contributed by atoms with Crippen molar-refractivity contribution >= 4 is 5.91 Å². The van der Waals surface area contributed by atoms with E-state index in [1.165, 1.54) is 0 Å². The molecule has 5 heteroatoms. The first-order chi connectivity index (χ1) is 9.58. The molecule has 0 spiro atoms. The summed E-state index contributed by atoms with van der Waals surface area (Å²) in [4.78, 5) is 14.2. The van der Waals surface area contributed by atoms with Gasteiger partial charge in [0.25, 0.3) is 5.91 Å². The monoisotopic (exact) mass is 281 g/mol. The summed E-state index contributed by atoms with van der Waals surface area (Å²) >= 11 is 0. The fraction of sp³-hybridized carbons (Fsp3) is 0.533. The van der Waals surface area contributed by atoms with Crippen LogP contribution < -0.4 is 9.47 Å². The third-order valence-electron chi connectivity index (χ3n) is 3.25. The first-order valence-corrected chi connectivity index (χ1v) is 6.71. The molecule has 0 saturated carbocycles. The summed E-state index contributed by atoms with van der Waals surface area (Å²) in [5.41, 5.74) is 1.40. The van der Waals surface area contributed by atoms with Gasteiger partial charge >= 0.3 is 0 Å². The van der Waals surface area contributed by atoms with E-state index in [2.05, 4.69) is 0 Å². The van der Waals surface area contributed by atoms with E-state index in [0.29, 0.717) is 36.6 Å². The van der Waals surface area contributed by atoms with E-state index in [4.69, 9.17) is 14.6 Å². The van der Waals surface area contributed by atoms with E-state index in [1.54, 1.807) is 31.3 Å². The molecule has 1 amide bonds. The molecule has 0 atom stereocenters. The molecule has 5 nitrogen and oxygen atoms in total. The number of amides is 1. The Bertz CT molecular complexity index is 434. The highest BCUT2D eigenvalue weighted by Crippen LogP contribution is 2.30. The SMILES string of the molecule is CCN(CCCO)C(=O)c1cc(OC)c(C)c(OC)c1. The molecule has 0 fully saturated rings. The van der Waals surface area contributed by atoms with Gasteiger partial charge in [0.1, 0.15) is 11.5 Å². The predicted octanol–water partition coefficient (Wildman–Crippen LogP) is 1.86. The summed E-state index contributed by atoms with van der Waals surface area (Å²) in [6, 6.07) is 3.45. The van der Waals surface area contributed by atoms with Crippen LogP contribution in [0.5, 0.6) is 11.5 Å². The summed E-state index contributed by atoms with van der Waals surface area (Å²) in [6.45, 7) is 5.00. The fourth-order valence-corrected chi connectivity index (χ4v) is 2.06. The Hall–Kier alpha value is -1.75. The number of carbonyl (C=O) groups is 1. The topological polar surface area (TPSA) is 59.0 Å². The molecule has 0 saturated heterocycles. The lowest BCUT2D eigenvalue weighted by Gasteiger charge is -2.21. The number of hydrogen-bond donors (Lipinski definition) is 1. The van der Waals surface area contributed by atoms with E-state index in [1.807, 2.05) is 13.8 Å². The zero-order valence-corrected chi connectivity index (χ0v) is 12.6. The van der Waals surface area contributed by atoms with Crippen LogP contribution in [-0.4, -0.2) is 49.8 Å². The van der Waals surface area contributed by atoms with Crippen molar-refractivity contribution in [3.8, 4) is 11.5 Å². The molecule has 0 aliphatic rings. The highest BCUT2D eigenvalue weighted by Gasteiger charge is 2.17. The number of hydrogen-bond acceptors (Lipinski definition) is 4. The number of aliphatic hydroxyl groups is 1. The van der Waals surface area contributed by atoms with Gasteiger partial charge in [0, 0.05) is 30.8 Å². The number of benzene rings is 1. The Labute approximate surface area is 120 Å². The van der Waals surface area contributed by atoms with Crippen LogP contribution in [0.2, 0.25) is 0 Å². The minimum atomic E-state index is -0.0856. The Morgan fingerprint density at radius 1 is 1.25 bits per heavy atom. The molecule has 1 aromatic rings. The molecule has 1 rings (SSSR count). The third-order valence-corrected chi connectivity index (χ3v) is 3.25. The fourth-order valence-electron chi connectivity index (χ4n) is 2.06. The van der Waals surface area contributed by atoms with Gasteiger partial charge < -0.3 is 19.5 Å². The molecule has 1 aromatic carbocycles. The van der Waals surface area contributed by atoms with Gasteiger partial charge in [-0.3, -0.25) is 4.79 Å². The van der Waals surface area contributed by atoms with Crippen LogP contribution in [0.25, 0.3) is 0 Å². The number of aliphatic hydroxyl groups excluding tert-OH is 1. The molecule has 0 radical (unpaired) electrons. The number of carbonyl (C=O) groups excluding carboxylic acids is 1. The summed E-state index contributed by atoms with van der Waals surface area (Å²) in [7, 11) is 3.14. The van der Waals surface area contributed by atoms with Gasteiger partial charge in [0.15, 0.2) is 0 Å². The maximum Gasteiger partial charge on any atom is 0.254 e. The zero-order valence-electron chi connectivity index (χ0n) is 12.6. The second kappa shape index (κ2) is 7.75. The Morgan fingerprint density at radius 3 is 2.20 bits per heavy atom. The first kappa shape index (κ1) is 16.3. The maximum absolute atomic E-state index is 12.5. The van der Waals surface area contributed by atoms with Crippen LogP contribution in [0.1, 0.15) is 29.3 Å². The van der Waals surface area contributed by atoms with Gasteiger partial charge in [-0.05, 0) is 32.4 Å². The van der Waals surface area contributed by atoms with Crippen molar-refractivity contribution < 1.29 is 19.4 Å². The van der Waals surface area contributed by atoms with E-state index in [9.17, 15) is 4.79 Å². The number of rotatable bonds is 7. The van der Waals surface area contributed by atoms with E-state index in [-0.39, 0.29) is 12.5 Å². The molecular formula is C15H23NO4. The van der Waals surface area contributed by atoms with Crippen LogP contribution in [0.3, 0.4) is 0 Å². The van der Waals surface area contributed by atoms with Crippen molar-refractivity contribution in [2.75, 3.05) is 33.9 Å². The van der Waals surface area contributed by atoms with Gasteiger partial charge in [-0.25, -0.2) is 0 Å². The molecule has 0 unspecified atom stereocenters. The van der Waals surface area contributed by atoms with E-state index in [0.717, 1.165) is 5.56 Å². The number of nitrogens with zero attached hydrogens (tertiary/aromatic N) is 1. The first-order valence-electron chi connectivity index (χ1n) is 6.71. The van der Waals surface area contributed by atoms with Crippen molar-refractivity contribution in [3.05, 3.63) is 23.3 Å². The average molecular weight is 281 g/mol. The predicted molar refractivity (Wildman–Crippen MR) is 77.6 cm³/mol. The molecule has 0 bridgehead atoms. The second-order valence-corrected chi connectivity index (χ2v) is 4.47. The third kappa shape index (κ3) is 3.63. The van der Waals surface area contributed by atoms with Crippen molar-refractivity contribution in [1.29, 1.82) is 0 Å². The number of methoxy groups -OCH3 is 2. The van der Waals surface area contributed by atoms with Crippen LogP contribution in [0.15, 0.2) is 12.1 Å². The summed E-state index contributed by atoms with van der Waals surface area (Å²) in [5, 5.41) is 8.89.